The van der Waals surface area contributed by atoms with Gasteiger partial charge in [-0.3, -0.25) is 4.79 Å². The van der Waals surface area contributed by atoms with Crippen LogP contribution in [0.15, 0.2) is 6.33 Å². The monoisotopic (exact) mass is 238 g/mol. The van der Waals surface area contributed by atoms with Gasteiger partial charge in [-0.2, -0.15) is 4.98 Å². The van der Waals surface area contributed by atoms with E-state index in [2.05, 4.69) is 15.3 Å². The zero-order valence-corrected chi connectivity index (χ0v) is 9.47. The van der Waals surface area contributed by atoms with Crippen LogP contribution in [-0.4, -0.2) is 35.2 Å². The first-order valence-electron chi connectivity index (χ1n) is 5.38. The van der Waals surface area contributed by atoms with E-state index in [1.165, 1.54) is 6.33 Å². The third-order valence-corrected chi connectivity index (χ3v) is 2.36. The number of nitrogens with one attached hydrogen (secondary N) is 1. The van der Waals surface area contributed by atoms with E-state index in [1.807, 2.05) is 6.92 Å². The van der Waals surface area contributed by atoms with Crippen LogP contribution in [0, 0.1) is 0 Å². The molecule has 7 heteroatoms. The SMILES string of the molecule is CCOCCC1Oc2ncnc(N)c2NC1=O. The second-order valence-electron chi connectivity index (χ2n) is 3.52. The highest BCUT2D eigenvalue weighted by Crippen LogP contribution is 2.31. The van der Waals surface area contributed by atoms with Crippen LogP contribution in [0.1, 0.15) is 13.3 Å². The second kappa shape index (κ2) is 4.96. The summed E-state index contributed by atoms with van der Waals surface area (Å²) in [7, 11) is 0. The Bertz CT molecular complexity index is 424. The summed E-state index contributed by atoms with van der Waals surface area (Å²) in [4.78, 5) is 19.4. The molecule has 1 aromatic rings. The standard InChI is InChI=1S/C10H14N4O3/c1-2-16-4-3-6-9(15)14-7-8(11)12-5-13-10(7)17-6/h5-6H,2-4H2,1H3,(H,14,15)(H2,11,12,13). The molecule has 1 unspecified atom stereocenters. The minimum absolute atomic E-state index is 0.201. The van der Waals surface area contributed by atoms with Gasteiger partial charge in [-0.05, 0) is 6.92 Å². The van der Waals surface area contributed by atoms with Gasteiger partial charge in [0.1, 0.15) is 12.0 Å². The van der Waals surface area contributed by atoms with Gasteiger partial charge in [0.2, 0.25) is 5.88 Å². The van der Waals surface area contributed by atoms with Crippen molar-refractivity contribution < 1.29 is 14.3 Å². The van der Waals surface area contributed by atoms with Crippen LogP contribution in [0.3, 0.4) is 0 Å². The summed E-state index contributed by atoms with van der Waals surface area (Å²) in [6, 6.07) is 0. The average molecular weight is 238 g/mol. The Hall–Kier alpha value is -1.89. The Morgan fingerprint density at radius 1 is 1.59 bits per heavy atom. The van der Waals surface area contributed by atoms with Crippen molar-refractivity contribution >= 4 is 17.4 Å². The molecule has 3 N–H and O–H groups in total. The van der Waals surface area contributed by atoms with Crippen LogP contribution in [0.5, 0.6) is 5.88 Å². The van der Waals surface area contributed by atoms with E-state index in [-0.39, 0.29) is 11.7 Å². The molecule has 0 aliphatic carbocycles. The summed E-state index contributed by atoms with van der Waals surface area (Å²) in [5.41, 5.74) is 5.94. The quantitative estimate of drug-likeness (QED) is 0.726. The molecule has 0 radical (unpaired) electrons. The van der Waals surface area contributed by atoms with E-state index < -0.39 is 6.10 Å². The zero-order valence-electron chi connectivity index (χ0n) is 9.47. The highest BCUT2D eigenvalue weighted by molar-refractivity contribution is 5.99. The Morgan fingerprint density at radius 3 is 3.18 bits per heavy atom. The van der Waals surface area contributed by atoms with E-state index in [1.54, 1.807) is 0 Å². The van der Waals surface area contributed by atoms with Crippen molar-refractivity contribution in [3.05, 3.63) is 6.33 Å². The number of carbonyl (C=O) groups is 1. The Labute approximate surface area is 98.3 Å². The fourth-order valence-electron chi connectivity index (χ4n) is 1.51. The summed E-state index contributed by atoms with van der Waals surface area (Å²) in [6.45, 7) is 2.97. The Balaban J connectivity index is 2.08. The number of nitrogens with two attached hydrogens (primary N) is 1. The normalized spacial score (nSPS) is 18.2. The predicted octanol–water partition coefficient (Wildman–Crippen LogP) is 0.185. The topological polar surface area (TPSA) is 99.4 Å². The molecule has 0 bridgehead atoms. The average Bonchev–Trinajstić information content (AvgIpc) is 2.31. The fourth-order valence-corrected chi connectivity index (χ4v) is 1.51. The first kappa shape index (κ1) is 11.6. The number of aromatic nitrogens is 2. The van der Waals surface area contributed by atoms with Crippen molar-refractivity contribution in [3.8, 4) is 5.88 Å². The van der Waals surface area contributed by atoms with Gasteiger partial charge in [0.25, 0.3) is 5.91 Å². The molecule has 2 rings (SSSR count). The first-order chi connectivity index (χ1) is 8.22. The van der Waals surface area contributed by atoms with Crippen LogP contribution in [0.25, 0.3) is 0 Å². The molecule has 0 fully saturated rings. The Morgan fingerprint density at radius 2 is 2.41 bits per heavy atom. The number of carbonyl (C=O) groups excluding carboxylic acids is 1. The van der Waals surface area contributed by atoms with Crippen molar-refractivity contribution in [2.75, 3.05) is 24.3 Å². The van der Waals surface area contributed by atoms with E-state index in [0.717, 1.165) is 0 Å². The molecule has 1 aliphatic heterocycles. The maximum Gasteiger partial charge on any atom is 0.265 e. The number of anilines is 2. The molecule has 1 aromatic heterocycles. The van der Waals surface area contributed by atoms with Gasteiger partial charge in [-0.25, -0.2) is 4.98 Å². The van der Waals surface area contributed by atoms with Crippen LogP contribution >= 0.6 is 0 Å². The highest BCUT2D eigenvalue weighted by Gasteiger charge is 2.29. The molecular formula is C10H14N4O3. The lowest BCUT2D eigenvalue weighted by Crippen LogP contribution is -2.38. The highest BCUT2D eigenvalue weighted by atomic mass is 16.5. The minimum atomic E-state index is -0.594. The van der Waals surface area contributed by atoms with Gasteiger partial charge in [-0.1, -0.05) is 0 Å². The summed E-state index contributed by atoms with van der Waals surface area (Å²) in [5, 5.41) is 2.64. The zero-order chi connectivity index (χ0) is 12.3. The number of fused-ring (bicyclic) bond motifs is 1. The predicted molar refractivity (Wildman–Crippen MR) is 60.6 cm³/mol. The van der Waals surface area contributed by atoms with Crippen molar-refractivity contribution in [1.82, 2.24) is 9.97 Å². The molecule has 92 valence electrons. The van der Waals surface area contributed by atoms with Gasteiger partial charge in [0.05, 0.1) is 6.61 Å². The molecular weight excluding hydrogens is 224 g/mol. The molecule has 0 saturated carbocycles. The van der Waals surface area contributed by atoms with E-state index in [4.69, 9.17) is 15.2 Å². The third-order valence-electron chi connectivity index (χ3n) is 2.36. The molecule has 1 aliphatic rings. The van der Waals surface area contributed by atoms with Crippen LogP contribution < -0.4 is 15.8 Å². The second-order valence-corrected chi connectivity index (χ2v) is 3.52. The molecule has 0 spiro atoms. The van der Waals surface area contributed by atoms with Crippen molar-refractivity contribution in [1.29, 1.82) is 0 Å². The van der Waals surface area contributed by atoms with Gasteiger partial charge in [0, 0.05) is 13.0 Å². The van der Waals surface area contributed by atoms with Gasteiger partial charge in [-0.15, -0.1) is 0 Å². The maximum absolute atomic E-state index is 11.7. The molecule has 17 heavy (non-hydrogen) atoms. The largest absolute Gasteiger partial charge is 0.463 e. The number of rotatable bonds is 4. The number of nitrogens with zero attached hydrogens (tertiary/aromatic N) is 2. The summed E-state index contributed by atoms with van der Waals surface area (Å²) >= 11 is 0. The maximum atomic E-state index is 11.7. The molecule has 7 nitrogen and oxygen atoms in total. The van der Waals surface area contributed by atoms with Crippen LogP contribution in [-0.2, 0) is 9.53 Å². The smallest absolute Gasteiger partial charge is 0.265 e. The van der Waals surface area contributed by atoms with Gasteiger partial charge in [0.15, 0.2) is 11.9 Å². The van der Waals surface area contributed by atoms with Crippen molar-refractivity contribution in [3.63, 3.8) is 0 Å². The van der Waals surface area contributed by atoms with Gasteiger partial charge < -0.3 is 20.5 Å². The summed E-state index contributed by atoms with van der Waals surface area (Å²) in [5.74, 6) is 0.254. The van der Waals surface area contributed by atoms with E-state index in [9.17, 15) is 4.79 Å². The molecule has 1 atom stereocenters. The lowest BCUT2D eigenvalue weighted by Gasteiger charge is -2.24. The molecule has 1 amide bonds. The number of amides is 1. The summed E-state index contributed by atoms with van der Waals surface area (Å²) in [6.07, 6.45) is 1.18. The summed E-state index contributed by atoms with van der Waals surface area (Å²) < 4.78 is 10.6. The third kappa shape index (κ3) is 2.44. The Kier molecular flexibility index (Phi) is 3.38. The molecule has 2 heterocycles. The number of ether oxygens (including phenoxy) is 2. The number of hydrogen-bond donors (Lipinski definition) is 2. The van der Waals surface area contributed by atoms with Crippen LogP contribution in [0.2, 0.25) is 0 Å². The van der Waals surface area contributed by atoms with E-state index >= 15 is 0 Å². The number of hydrogen-bond acceptors (Lipinski definition) is 6. The van der Waals surface area contributed by atoms with E-state index in [0.29, 0.717) is 31.2 Å². The first-order valence-corrected chi connectivity index (χ1v) is 5.38. The minimum Gasteiger partial charge on any atom is -0.463 e. The lowest BCUT2D eigenvalue weighted by atomic mass is 10.2. The molecule has 0 saturated heterocycles. The lowest BCUT2D eigenvalue weighted by molar-refractivity contribution is -0.124. The van der Waals surface area contributed by atoms with Crippen LogP contribution in [0.4, 0.5) is 11.5 Å². The van der Waals surface area contributed by atoms with Crippen molar-refractivity contribution in [2.45, 2.75) is 19.4 Å². The fraction of sp³-hybridized carbons (Fsp3) is 0.500. The van der Waals surface area contributed by atoms with Gasteiger partial charge >= 0.3 is 0 Å². The molecule has 0 aromatic carbocycles. The van der Waals surface area contributed by atoms with Crippen molar-refractivity contribution in [2.24, 2.45) is 0 Å². The number of nitrogen functional groups attached to an aromatic ring is 1.